The largest absolute Gasteiger partial charge is 0.469 e. The van der Waals surface area contributed by atoms with Crippen LogP contribution in [0.1, 0.15) is 13.8 Å². The van der Waals surface area contributed by atoms with Crippen molar-refractivity contribution in [3.05, 3.63) is 30.3 Å². The molecule has 0 saturated carbocycles. The highest BCUT2D eigenvalue weighted by atomic mass is 127. The van der Waals surface area contributed by atoms with Crippen LogP contribution >= 0.6 is 35.7 Å². The van der Waals surface area contributed by atoms with Gasteiger partial charge in [0.05, 0.1) is 19.6 Å². The number of ether oxygens (including phenoxy) is 1. The molecular weight excluding hydrogens is 425 g/mol. The van der Waals surface area contributed by atoms with Crippen LogP contribution in [0.25, 0.3) is 0 Å². The van der Waals surface area contributed by atoms with E-state index in [-0.39, 0.29) is 35.9 Å². The van der Waals surface area contributed by atoms with Crippen LogP contribution in [-0.2, 0) is 9.53 Å². The molecule has 0 amide bonds. The minimum atomic E-state index is -0.237. The van der Waals surface area contributed by atoms with Gasteiger partial charge in [-0.3, -0.25) is 9.79 Å². The Morgan fingerprint density at radius 3 is 2.61 bits per heavy atom. The molecule has 0 aliphatic heterocycles. The van der Waals surface area contributed by atoms with Crippen molar-refractivity contribution >= 4 is 47.7 Å². The van der Waals surface area contributed by atoms with Crippen molar-refractivity contribution in [2.45, 2.75) is 18.7 Å². The van der Waals surface area contributed by atoms with Gasteiger partial charge in [0.1, 0.15) is 0 Å². The van der Waals surface area contributed by atoms with Gasteiger partial charge in [-0.25, -0.2) is 0 Å². The molecule has 0 aliphatic carbocycles. The second kappa shape index (κ2) is 13.5. The van der Waals surface area contributed by atoms with Crippen LogP contribution in [0.3, 0.4) is 0 Å². The van der Waals surface area contributed by atoms with Crippen LogP contribution in [0.15, 0.2) is 40.2 Å². The van der Waals surface area contributed by atoms with Crippen LogP contribution in [0.4, 0.5) is 0 Å². The number of carbonyl (C=O) groups excluding carboxylic acids is 1. The van der Waals surface area contributed by atoms with E-state index in [0.29, 0.717) is 6.54 Å². The summed E-state index contributed by atoms with van der Waals surface area (Å²) >= 11 is 1.79. The predicted molar refractivity (Wildman–Crippen MR) is 108 cm³/mol. The first kappa shape index (κ1) is 22.0. The van der Waals surface area contributed by atoms with E-state index in [9.17, 15) is 4.79 Å². The van der Waals surface area contributed by atoms with Crippen molar-refractivity contribution in [3.8, 4) is 0 Å². The van der Waals surface area contributed by atoms with E-state index < -0.39 is 0 Å². The number of hydrogen-bond donors (Lipinski definition) is 2. The number of nitrogens with one attached hydrogen (secondary N) is 2. The summed E-state index contributed by atoms with van der Waals surface area (Å²) in [4.78, 5) is 17.0. The van der Waals surface area contributed by atoms with Crippen molar-refractivity contribution in [2.24, 2.45) is 10.9 Å². The Labute approximate surface area is 160 Å². The zero-order chi connectivity index (χ0) is 16.2. The van der Waals surface area contributed by atoms with Crippen molar-refractivity contribution in [1.82, 2.24) is 10.6 Å². The smallest absolute Gasteiger partial charge is 0.310 e. The zero-order valence-corrected chi connectivity index (χ0v) is 17.0. The summed E-state index contributed by atoms with van der Waals surface area (Å²) in [7, 11) is 1.40. The third-order valence-corrected chi connectivity index (χ3v) is 3.89. The maximum atomic E-state index is 11.4. The average Bonchev–Trinajstić information content (AvgIpc) is 2.56. The molecule has 0 spiro atoms. The second-order valence-electron chi connectivity index (χ2n) is 4.73. The van der Waals surface area contributed by atoms with Gasteiger partial charge >= 0.3 is 5.97 Å². The monoisotopic (exact) mass is 451 g/mol. The lowest BCUT2D eigenvalue weighted by atomic mass is 10.2. The van der Waals surface area contributed by atoms with Gasteiger partial charge in [0.25, 0.3) is 0 Å². The summed E-state index contributed by atoms with van der Waals surface area (Å²) in [6, 6.07) is 10.3. The van der Waals surface area contributed by atoms with Crippen molar-refractivity contribution in [2.75, 3.05) is 32.5 Å². The highest BCUT2D eigenvalue weighted by molar-refractivity contribution is 14.0. The molecule has 1 unspecified atom stereocenters. The summed E-state index contributed by atoms with van der Waals surface area (Å²) in [6.45, 7) is 5.82. The van der Waals surface area contributed by atoms with Crippen molar-refractivity contribution in [1.29, 1.82) is 0 Å². The van der Waals surface area contributed by atoms with E-state index in [1.807, 2.05) is 32.0 Å². The minimum absolute atomic E-state index is 0. The first-order valence-corrected chi connectivity index (χ1v) is 8.43. The maximum absolute atomic E-state index is 11.4. The molecular formula is C16H26IN3O2S. The molecule has 130 valence electrons. The van der Waals surface area contributed by atoms with E-state index in [1.54, 1.807) is 11.8 Å². The third kappa shape index (κ3) is 9.70. The molecule has 1 rings (SSSR count). The summed E-state index contributed by atoms with van der Waals surface area (Å²) in [6.07, 6.45) is 0. The van der Waals surface area contributed by atoms with Crippen LogP contribution in [0.5, 0.6) is 0 Å². The summed E-state index contributed by atoms with van der Waals surface area (Å²) in [5, 5.41) is 6.44. The molecule has 0 aromatic heterocycles. The topological polar surface area (TPSA) is 62.7 Å². The van der Waals surface area contributed by atoms with Crippen LogP contribution in [-0.4, -0.2) is 44.4 Å². The number of thioether (sulfide) groups is 1. The van der Waals surface area contributed by atoms with Gasteiger partial charge in [-0.05, 0) is 19.1 Å². The molecule has 7 heteroatoms. The van der Waals surface area contributed by atoms with E-state index >= 15 is 0 Å². The molecule has 1 atom stereocenters. The van der Waals surface area contributed by atoms with E-state index in [4.69, 9.17) is 4.74 Å². The van der Waals surface area contributed by atoms with E-state index in [0.717, 1.165) is 24.8 Å². The van der Waals surface area contributed by atoms with Crippen LogP contribution in [0, 0.1) is 5.92 Å². The molecule has 0 aliphatic rings. The standard InChI is InChI=1S/C16H25N3O2S.HI/c1-4-17-16(19-12-13(2)15(20)21-3)18-10-11-22-14-8-6-5-7-9-14;/h5-9,13H,4,10-12H2,1-3H3,(H2,17,18,19);1H. The summed E-state index contributed by atoms with van der Waals surface area (Å²) in [5.41, 5.74) is 0. The first-order chi connectivity index (χ1) is 10.7. The highest BCUT2D eigenvalue weighted by Gasteiger charge is 2.12. The second-order valence-corrected chi connectivity index (χ2v) is 5.90. The number of aliphatic imine (C=N–C) groups is 1. The molecule has 0 fully saturated rings. The average molecular weight is 451 g/mol. The summed E-state index contributed by atoms with van der Waals surface area (Å²) in [5.74, 6) is 1.20. The lowest BCUT2D eigenvalue weighted by Gasteiger charge is -2.12. The normalized spacial score (nSPS) is 12.0. The molecule has 2 N–H and O–H groups in total. The van der Waals surface area contributed by atoms with E-state index in [2.05, 4.69) is 27.8 Å². The maximum Gasteiger partial charge on any atom is 0.310 e. The number of nitrogens with zero attached hydrogens (tertiary/aromatic N) is 1. The Hall–Kier alpha value is -0.960. The van der Waals surface area contributed by atoms with Gasteiger partial charge in [-0.1, -0.05) is 25.1 Å². The predicted octanol–water partition coefficient (Wildman–Crippen LogP) is 2.76. The zero-order valence-electron chi connectivity index (χ0n) is 13.9. The number of rotatable bonds is 8. The Morgan fingerprint density at radius 2 is 2.00 bits per heavy atom. The third-order valence-electron chi connectivity index (χ3n) is 2.88. The highest BCUT2D eigenvalue weighted by Crippen LogP contribution is 2.15. The Morgan fingerprint density at radius 1 is 1.30 bits per heavy atom. The number of esters is 1. The Bertz CT molecular complexity index is 472. The Kier molecular flexibility index (Phi) is 12.9. The minimum Gasteiger partial charge on any atom is -0.469 e. The number of carbonyl (C=O) groups is 1. The van der Waals surface area contributed by atoms with Gasteiger partial charge in [0.15, 0.2) is 5.96 Å². The molecule has 5 nitrogen and oxygen atoms in total. The molecule has 0 saturated heterocycles. The molecule has 1 aromatic rings. The lowest BCUT2D eigenvalue weighted by molar-refractivity contribution is -0.144. The van der Waals surface area contributed by atoms with Crippen LogP contribution < -0.4 is 10.6 Å². The fourth-order valence-electron chi connectivity index (χ4n) is 1.70. The molecule has 1 aromatic carbocycles. The number of halogens is 1. The fraction of sp³-hybridized carbons (Fsp3) is 0.500. The van der Waals surface area contributed by atoms with E-state index in [1.165, 1.54) is 12.0 Å². The lowest BCUT2D eigenvalue weighted by Crippen LogP contribution is -2.39. The van der Waals surface area contributed by atoms with Gasteiger partial charge in [0, 0.05) is 23.7 Å². The quantitative estimate of drug-likeness (QED) is 0.159. The molecule has 0 bridgehead atoms. The fourth-order valence-corrected chi connectivity index (χ4v) is 2.49. The summed E-state index contributed by atoms with van der Waals surface area (Å²) < 4.78 is 4.70. The van der Waals surface area contributed by atoms with Crippen molar-refractivity contribution in [3.63, 3.8) is 0 Å². The van der Waals surface area contributed by atoms with Gasteiger partial charge in [-0.2, -0.15) is 0 Å². The molecule has 0 heterocycles. The van der Waals surface area contributed by atoms with Gasteiger partial charge in [-0.15, -0.1) is 35.7 Å². The number of guanidine groups is 1. The number of hydrogen-bond acceptors (Lipinski definition) is 4. The molecule has 23 heavy (non-hydrogen) atoms. The number of methoxy groups -OCH3 is 1. The SMILES string of the molecule is CCNC(=NCC(C)C(=O)OC)NCCSc1ccccc1.I. The first-order valence-electron chi connectivity index (χ1n) is 7.45. The Balaban J connectivity index is 0.00000484. The number of benzene rings is 1. The van der Waals surface area contributed by atoms with Gasteiger partial charge < -0.3 is 15.4 Å². The van der Waals surface area contributed by atoms with Crippen LogP contribution in [0.2, 0.25) is 0 Å². The van der Waals surface area contributed by atoms with Gasteiger partial charge in [0.2, 0.25) is 0 Å². The molecule has 0 radical (unpaired) electrons. The van der Waals surface area contributed by atoms with Crippen molar-refractivity contribution < 1.29 is 9.53 Å².